The van der Waals surface area contributed by atoms with Gasteiger partial charge < -0.3 is 10.6 Å². The van der Waals surface area contributed by atoms with E-state index in [0.717, 1.165) is 18.5 Å². The van der Waals surface area contributed by atoms with Crippen LogP contribution in [0.4, 0.5) is 11.5 Å². The number of hydrogen-bond acceptors (Lipinski definition) is 5. The predicted molar refractivity (Wildman–Crippen MR) is 83.7 cm³/mol. The van der Waals surface area contributed by atoms with E-state index in [-0.39, 0.29) is 5.91 Å². The van der Waals surface area contributed by atoms with E-state index in [2.05, 4.69) is 33.6 Å². The molecule has 0 aliphatic rings. The van der Waals surface area contributed by atoms with Crippen molar-refractivity contribution in [1.29, 1.82) is 5.26 Å². The van der Waals surface area contributed by atoms with Crippen LogP contribution >= 0.6 is 0 Å². The molecule has 0 spiro atoms. The van der Waals surface area contributed by atoms with E-state index >= 15 is 0 Å². The fourth-order valence-corrected chi connectivity index (χ4v) is 1.76. The minimum absolute atomic E-state index is 0.217. The molecule has 0 unspecified atom stereocenters. The molecular formula is C16H17N5O. The van der Waals surface area contributed by atoms with Crippen LogP contribution in [-0.4, -0.2) is 22.4 Å². The third-order valence-corrected chi connectivity index (χ3v) is 2.99. The molecule has 6 nitrogen and oxygen atoms in total. The summed E-state index contributed by atoms with van der Waals surface area (Å²) >= 11 is 0. The first-order valence-corrected chi connectivity index (χ1v) is 7.10. The van der Waals surface area contributed by atoms with Gasteiger partial charge in [-0.2, -0.15) is 5.26 Å². The zero-order valence-corrected chi connectivity index (χ0v) is 12.3. The van der Waals surface area contributed by atoms with Crippen LogP contribution in [0, 0.1) is 11.3 Å². The van der Waals surface area contributed by atoms with Crippen molar-refractivity contribution in [2.75, 3.05) is 11.9 Å². The van der Waals surface area contributed by atoms with Crippen molar-refractivity contribution in [2.24, 2.45) is 0 Å². The van der Waals surface area contributed by atoms with Gasteiger partial charge in [0.15, 0.2) is 0 Å². The highest BCUT2D eigenvalue weighted by Gasteiger charge is 2.07. The highest BCUT2D eigenvalue weighted by atomic mass is 16.1. The monoisotopic (exact) mass is 295 g/mol. The molecule has 2 rings (SSSR count). The van der Waals surface area contributed by atoms with Gasteiger partial charge in [-0.25, -0.2) is 9.97 Å². The Morgan fingerprint density at radius 2 is 2.00 bits per heavy atom. The van der Waals surface area contributed by atoms with Gasteiger partial charge in [-0.05, 0) is 30.7 Å². The Labute approximate surface area is 129 Å². The number of amides is 1. The number of carbonyl (C=O) groups is 1. The van der Waals surface area contributed by atoms with E-state index < -0.39 is 0 Å². The van der Waals surface area contributed by atoms with Gasteiger partial charge in [0.2, 0.25) is 0 Å². The maximum Gasteiger partial charge on any atom is 0.271 e. The molecule has 1 aromatic heterocycles. The molecule has 0 bridgehead atoms. The fourth-order valence-electron chi connectivity index (χ4n) is 1.76. The molecule has 0 aliphatic heterocycles. The number of nitrogens with one attached hydrogen (secondary N) is 2. The second kappa shape index (κ2) is 7.74. The lowest BCUT2D eigenvalue weighted by Gasteiger charge is -2.06. The van der Waals surface area contributed by atoms with Crippen LogP contribution < -0.4 is 10.6 Å². The normalized spacial score (nSPS) is 9.82. The lowest BCUT2D eigenvalue weighted by Crippen LogP contribution is -2.25. The van der Waals surface area contributed by atoms with Gasteiger partial charge in [0, 0.05) is 12.2 Å². The average Bonchev–Trinajstić information content (AvgIpc) is 2.56. The molecule has 6 heteroatoms. The summed E-state index contributed by atoms with van der Waals surface area (Å²) in [4.78, 5) is 20.1. The summed E-state index contributed by atoms with van der Waals surface area (Å²) in [7, 11) is 0. The van der Waals surface area contributed by atoms with Crippen molar-refractivity contribution in [3.63, 3.8) is 0 Å². The molecule has 1 amide bonds. The van der Waals surface area contributed by atoms with Crippen LogP contribution in [0.25, 0.3) is 0 Å². The first kappa shape index (κ1) is 15.4. The van der Waals surface area contributed by atoms with Crippen LogP contribution in [0.5, 0.6) is 0 Å². The van der Waals surface area contributed by atoms with E-state index in [1.54, 1.807) is 24.3 Å². The van der Waals surface area contributed by atoms with E-state index in [9.17, 15) is 4.79 Å². The maximum atomic E-state index is 11.8. The molecule has 2 aromatic rings. The van der Waals surface area contributed by atoms with Crippen molar-refractivity contribution in [3.8, 4) is 6.07 Å². The Hall–Kier alpha value is -2.94. The summed E-state index contributed by atoms with van der Waals surface area (Å²) in [5.74, 6) is 0.320. The molecule has 0 fully saturated rings. The lowest BCUT2D eigenvalue weighted by molar-refractivity contribution is 0.0948. The molecule has 0 atom stereocenters. The van der Waals surface area contributed by atoms with Crippen LogP contribution in [-0.2, 0) is 0 Å². The first-order valence-electron chi connectivity index (χ1n) is 7.10. The topological polar surface area (TPSA) is 90.7 Å². The van der Waals surface area contributed by atoms with E-state index in [4.69, 9.17) is 5.26 Å². The Morgan fingerprint density at radius 3 is 2.59 bits per heavy atom. The summed E-state index contributed by atoms with van der Waals surface area (Å²) in [5, 5.41) is 14.6. The van der Waals surface area contributed by atoms with Crippen LogP contribution in [0.3, 0.4) is 0 Å². The lowest BCUT2D eigenvalue weighted by atomic mass is 10.2. The smallest absolute Gasteiger partial charge is 0.271 e. The zero-order valence-electron chi connectivity index (χ0n) is 12.3. The van der Waals surface area contributed by atoms with Gasteiger partial charge >= 0.3 is 0 Å². The number of anilines is 2. The molecule has 0 aliphatic carbocycles. The predicted octanol–water partition coefficient (Wildman–Crippen LogP) is 2.62. The Balaban J connectivity index is 1.96. The van der Waals surface area contributed by atoms with Gasteiger partial charge in [-0.1, -0.05) is 13.3 Å². The quantitative estimate of drug-likeness (QED) is 0.799. The standard InChI is InChI=1S/C16H17N5O/c1-2-3-8-18-16(22)14-10-20-15(11-19-14)21-13-6-4-12(9-17)5-7-13/h4-7,10-11H,2-3,8H2,1H3,(H,18,22)(H,20,21). The summed E-state index contributed by atoms with van der Waals surface area (Å²) in [5.41, 5.74) is 1.69. The number of hydrogen-bond donors (Lipinski definition) is 2. The van der Waals surface area contributed by atoms with Gasteiger partial charge in [0.25, 0.3) is 5.91 Å². The molecule has 1 heterocycles. The van der Waals surface area contributed by atoms with Gasteiger partial charge in [0.1, 0.15) is 11.5 Å². The minimum Gasteiger partial charge on any atom is -0.351 e. The van der Waals surface area contributed by atoms with Crippen LogP contribution in [0.15, 0.2) is 36.7 Å². The fraction of sp³-hybridized carbons (Fsp3) is 0.250. The minimum atomic E-state index is -0.217. The second-order valence-electron chi connectivity index (χ2n) is 4.71. The van der Waals surface area contributed by atoms with Crippen LogP contribution in [0.2, 0.25) is 0 Å². The Morgan fingerprint density at radius 1 is 1.23 bits per heavy atom. The summed E-state index contributed by atoms with van der Waals surface area (Å²) < 4.78 is 0. The van der Waals surface area contributed by atoms with E-state index in [1.165, 1.54) is 12.4 Å². The van der Waals surface area contributed by atoms with Crippen molar-refractivity contribution < 1.29 is 4.79 Å². The number of unbranched alkanes of at least 4 members (excludes halogenated alkanes) is 1. The van der Waals surface area contributed by atoms with Gasteiger partial charge in [-0.3, -0.25) is 4.79 Å². The molecule has 0 saturated carbocycles. The SMILES string of the molecule is CCCCNC(=O)c1cnc(Nc2ccc(C#N)cc2)cn1. The zero-order chi connectivity index (χ0) is 15.8. The molecule has 2 N–H and O–H groups in total. The summed E-state index contributed by atoms with van der Waals surface area (Å²) in [6, 6.07) is 9.05. The third-order valence-electron chi connectivity index (χ3n) is 2.99. The molecule has 112 valence electrons. The maximum absolute atomic E-state index is 11.8. The first-order chi connectivity index (χ1) is 10.7. The summed E-state index contributed by atoms with van der Waals surface area (Å²) in [6.07, 6.45) is 4.91. The molecular weight excluding hydrogens is 278 g/mol. The highest BCUT2D eigenvalue weighted by Crippen LogP contribution is 2.14. The van der Waals surface area contributed by atoms with Gasteiger partial charge in [0.05, 0.1) is 24.0 Å². The molecule has 22 heavy (non-hydrogen) atoms. The van der Waals surface area contributed by atoms with Crippen LogP contribution in [0.1, 0.15) is 35.8 Å². The Bertz CT molecular complexity index is 658. The van der Waals surface area contributed by atoms with Crippen molar-refractivity contribution in [2.45, 2.75) is 19.8 Å². The number of benzene rings is 1. The van der Waals surface area contributed by atoms with Crippen molar-refractivity contribution in [1.82, 2.24) is 15.3 Å². The number of nitriles is 1. The van der Waals surface area contributed by atoms with Crippen molar-refractivity contribution in [3.05, 3.63) is 47.9 Å². The molecule has 0 saturated heterocycles. The third kappa shape index (κ3) is 4.28. The largest absolute Gasteiger partial charge is 0.351 e. The number of aromatic nitrogens is 2. The van der Waals surface area contributed by atoms with E-state index in [0.29, 0.717) is 23.6 Å². The highest BCUT2D eigenvalue weighted by molar-refractivity contribution is 5.92. The Kier molecular flexibility index (Phi) is 5.44. The summed E-state index contributed by atoms with van der Waals surface area (Å²) in [6.45, 7) is 2.71. The van der Waals surface area contributed by atoms with Crippen molar-refractivity contribution >= 4 is 17.4 Å². The van der Waals surface area contributed by atoms with E-state index in [1.807, 2.05) is 0 Å². The second-order valence-corrected chi connectivity index (χ2v) is 4.71. The molecule has 0 radical (unpaired) electrons. The molecule has 1 aromatic carbocycles. The number of rotatable bonds is 6. The average molecular weight is 295 g/mol. The number of carbonyl (C=O) groups excluding carboxylic acids is 1. The number of nitrogens with zero attached hydrogens (tertiary/aromatic N) is 3. The van der Waals surface area contributed by atoms with Gasteiger partial charge in [-0.15, -0.1) is 0 Å².